The molecule has 0 saturated carbocycles. The molecule has 146 valence electrons. The van der Waals surface area contributed by atoms with Crippen LogP contribution in [0.1, 0.15) is 20.3 Å². The van der Waals surface area contributed by atoms with Crippen LogP contribution in [-0.2, 0) is 9.53 Å². The van der Waals surface area contributed by atoms with Gasteiger partial charge in [-0.3, -0.25) is 15.6 Å². The van der Waals surface area contributed by atoms with Crippen LogP contribution >= 0.6 is 58.0 Å². The number of benzene rings is 1. The van der Waals surface area contributed by atoms with Crippen LogP contribution in [0.5, 0.6) is 0 Å². The van der Waals surface area contributed by atoms with Crippen LogP contribution < -0.4 is 16.2 Å². The second-order valence-electron chi connectivity index (χ2n) is 5.76. The van der Waals surface area contributed by atoms with E-state index in [4.69, 9.17) is 62.7 Å². The molecule has 11 heteroatoms. The van der Waals surface area contributed by atoms with E-state index in [0.717, 1.165) is 0 Å². The highest BCUT2D eigenvalue weighted by molar-refractivity contribution is 6.67. The van der Waals surface area contributed by atoms with E-state index >= 15 is 0 Å². The second-order valence-corrected chi connectivity index (χ2v) is 9.12. The van der Waals surface area contributed by atoms with Gasteiger partial charge in [0.05, 0.1) is 10.7 Å². The summed E-state index contributed by atoms with van der Waals surface area (Å²) in [6, 6.07) is 3.87. The summed E-state index contributed by atoms with van der Waals surface area (Å²) in [7, 11) is 0. The lowest BCUT2D eigenvalue weighted by atomic mass is 10.0. The summed E-state index contributed by atoms with van der Waals surface area (Å²) in [4.78, 5) is 24.2. The van der Waals surface area contributed by atoms with Gasteiger partial charge < -0.3 is 10.1 Å². The molecule has 0 aromatic heterocycles. The molecule has 6 nitrogen and oxygen atoms in total. The number of hydrazine groups is 1. The zero-order chi connectivity index (χ0) is 19.9. The van der Waals surface area contributed by atoms with E-state index in [1.165, 1.54) is 6.07 Å². The fraction of sp³-hybridized carbons (Fsp3) is 0.467. The summed E-state index contributed by atoms with van der Waals surface area (Å²) in [6.07, 6.45) is -0.508. The number of carbonyl (C=O) groups is 2. The van der Waals surface area contributed by atoms with E-state index in [2.05, 4.69) is 16.2 Å². The molecule has 0 bridgehead atoms. The van der Waals surface area contributed by atoms with E-state index < -0.39 is 28.4 Å². The van der Waals surface area contributed by atoms with Crippen molar-refractivity contribution in [3.05, 3.63) is 28.2 Å². The summed E-state index contributed by atoms with van der Waals surface area (Å²) in [6.45, 7) is 3.36. The van der Waals surface area contributed by atoms with Crippen molar-refractivity contribution in [1.82, 2.24) is 10.7 Å². The van der Waals surface area contributed by atoms with Crippen molar-refractivity contribution in [2.45, 2.75) is 30.1 Å². The normalized spacial score (nSPS) is 12.5. The molecule has 1 atom stereocenters. The largest absolute Gasteiger partial charge is 0.445 e. The van der Waals surface area contributed by atoms with Crippen LogP contribution in [0, 0.1) is 5.92 Å². The Kier molecular flexibility index (Phi) is 9.41. The fourth-order valence-electron chi connectivity index (χ4n) is 1.84. The van der Waals surface area contributed by atoms with Crippen LogP contribution in [0.15, 0.2) is 18.2 Å². The molecular formula is C15H18Cl5N3O3. The SMILES string of the molecule is CC(C)CC(NC(=O)OCC(Cl)(Cl)Cl)C(=O)NNc1ccc(Cl)cc1Cl. The van der Waals surface area contributed by atoms with E-state index in [-0.39, 0.29) is 5.92 Å². The van der Waals surface area contributed by atoms with Gasteiger partial charge in [0.15, 0.2) is 0 Å². The van der Waals surface area contributed by atoms with E-state index in [0.29, 0.717) is 22.2 Å². The van der Waals surface area contributed by atoms with Crippen molar-refractivity contribution < 1.29 is 14.3 Å². The number of nitrogens with one attached hydrogen (secondary N) is 3. The van der Waals surface area contributed by atoms with Gasteiger partial charge in [-0.2, -0.15) is 0 Å². The summed E-state index contributed by atoms with van der Waals surface area (Å²) < 4.78 is 3.05. The minimum Gasteiger partial charge on any atom is -0.445 e. The zero-order valence-electron chi connectivity index (χ0n) is 13.9. The van der Waals surface area contributed by atoms with Gasteiger partial charge >= 0.3 is 6.09 Å². The number of carbonyl (C=O) groups excluding carboxylic acids is 2. The van der Waals surface area contributed by atoms with Gasteiger partial charge in [-0.15, -0.1) is 0 Å². The molecule has 2 amide bonds. The quantitative estimate of drug-likeness (QED) is 0.393. The van der Waals surface area contributed by atoms with Crippen molar-refractivity contribution >= 4 is 75.7 Å². The minimum absolute atomic E-state index is 0.123. The van der Waals surface area contributed by atoms with Crippen LogP contribution in [0.25, 0.3) is 0 Å². The number of ether oxygens (including phenoxy) is 1. The van der Waals surface area contributed by atoms with Gasteiger partial charge in [-0.25, -0.2) is 4.79 Å². The Bertz CT molecular complexity index is 637. The first-order chi connectivity index (χ1) is 12.0. The predicted octanol–water partition coefficient (Wildman–Crippen LogP) is 4.95. The average molecular weight is 466 g/mol. The van der Waals surface area contributed by atoms with Gasteiger partial charge in [0.25, 0.3) is 5.91 Å². The standard InChI is InChI=1S/C15H18Cl5N3O3/c1-8(2)5-12(21-14(25)26-7-15(18,19)20)13(24)23-22-11-4-3-9(16)6-10(11)17/h3-4,6,8,12,22H,5,7H2,1-2H3,(H,21,25)(H,23,24). The summed E-state index contributed by atoms with van der Waals surface area (Å²) in [5.74, 6) is -0.367. The molecule has 26 heavy (non-hydrogen) atoms. The number of amides is 2. The van der Waals surface area contributed by atoms with Crippen molar-refractivity contribution in [2.75, 3.05) is 12.0 Å². The lowest BCUT2D eigenvalue weighted by Crippen LogP contribution is -2.49. The molecule has 1 unspecified atom stereocenters. The summed E-state index contributed by atoms with van der Waals surface area (Å²) in [5.41, 5.74) is 5.61. The number of halogens is 5. The van der Waals surface area contributed by atoms with Crippen LogP contribution in [-0.4, -0.2) is 28.4 Å². The first kappa shape index (κ1) is 23.2. The third-order valence-corrected chi connectivity index (χ3v) is 3.81. The molecule has 0 spiro atoms. The molecule has 1 rings (SSSR count). The van der Waals surface area contributed by atoms with Crippen molar-refractivity contribution in [2.24, 2.45) is 5.92 Å². The van der Waals surface area contributed by atoms with Gasteiger partial charge in [-0.05, 0) is 30.5 Å². The Hall–Kier alpha value is -0.790. The number of rotatable bonds is 7. The average Bonchev–Trinajstić information content (AvgIpc) is 2.50. The van der Waals surface area contributed by atoms with E-state index in [1.54, 1.807) is 12.1 Å². The van der Waals surface area contributed by atoms with Crippen molar-refractivity contribution in [1.29, 1.82) is 0 Å². The van der Waals surface area contributed by atoms with Crippen molar-refractivity contribution in [3.8, 4) is 0 Å². The third kappa shape index (κ3) is 9.24. The Morgan fingerprint density at radius 3 is 2.38 bits per heavy atom. The zero-order valence-corrected chi connectivity index (χ0v) is 17.7. The van der Waals surface area contributed by atoms with E-state index in [9.17, 15) is 9.59 Å². The Morgan fingerprint density at radius 2 is 1.85 bits per heavy atom. The summed E-state index contributed by atoms with van der Waals surface area (Å²) in [5, 5.41) is 3.23. The molecule has 0 aliphatic heterocycles. The molecule has 0 heterocycles. The highest BCUT2D eigenvalue weighted by Gasteiger charge is 2.26. The van der Waals surface area contributed by atoms with Gasteiger partial charge in [0.1, 0.15) is 12.6 Å². The molecule has 1 aromatic rings. The molecule has 1 aromatic carbocycles. The van der Waals surface area contributed by atoms with Crippen LogP contribution in [0.2, 0.25) is 10.0 Å². The monoisotopic (exact) mass is 463 g/mol. The molecule has 3 N–H and O–H groups in total. The molecule has 0 aliphatic rings. The number of alkyl halides is 3. The highest BCUT2D eigenvalue weighted by Crippen LogP contribution is 2.26. The minimum atomic E-state index is -1.74. The third-order valence-electron chi connectivity index (χ3n) is 2.93. The molecule has 0 saturated heterocycles. The first-order valence-electron chi connectivity index (χ1n) is 7.49. The number of hydrogen-bond acceptors (Lipinski definition) is 4. The Morgan fingerprint density at radius 1 is 1.19 bits per heavy atom. The lowest BCUT2D eigenvalue weighted by molar-refractivity contribution is -0.122. The lowest BCUT2D eigenvalue weighted by Gasteiger charge is -2.21. The number of hydrogen-bond donors (Lipinski definition) is 3. The Balaban J connectivity index is 2.66. The van der Waals surface area contributed by atoms with Crippen LogP contribution in [0.3, 0.4) is 0 Å². The van der Waals surface area contributed by atoms with Gasteiger partial charge in [0, 0.05) is 5.02 Å². The maximum absolute atomic E-state index is 12.4. The number of anilines is 1. The topological polar surface area (TPSA) is 79.5 Å². The molecule has 0 radical (unpaired) electrons. The van der Waals surface area contributed by atoms with Crippen LogP contribution in [0.4, 0.5) is 10.5 Å². The molecular weight excluding hydrogens is 447 g/mol. The molecule has 0 fully saturated rings. The maximum atomic E-state index is 12.4. The van der Waals surface area contributed by atoms with Gasteiger partial charge in [-0.1, -0.05) is 71.9 Å². The van der Waals surface area contributed by atoms with E-state index in [1.807, 2.05) is 13.8 Å². The highest BCUT2D eigenvalue weighted by atomic mass is 35.6. The maximum Gasteiger partial charge on any atom is 0.407 e. The number of alkyl carbamates (subject to hydrolysis) is 1. The van der Waals surface area contributed by atoms with Crippen molar-refractivity contribution in [3.63, 3.8) is 0 Å². The van der Waals surface area contributed by atoms with Gasteiger partial charge in [0.2, 0.25) is 3.79 Å². The Labute approximate surface area is 176 Å². The molecule has 0 aliphatic carbocycles. The second kappa shape index (κ2) is 10.5. The first-order valence-corrected chi connectivity index (χ1v) is 9.38. The smallest absolute Gasteiger partial charge is 0.407 e. The predicted molar refractivity (Wildman–Crippen MR) is 106 cm³/mol. The fourth-order valence-corrected chi connectivity index (χ4v) is 2.46. The summed E-state index contributed by atoms with van der Waals surface area (Å²) >= 11 is 28.4.